The van der Waals surface area contributed by atoms with Crippen LogP contribution >= 0.6 is 0 Å². The van der Waals surface area contributed by atoms with Gasteiger partial charge in [0.25, 0.3) is 0 Å². The number of aliphatic imine (C=N–C) groups is 1. The molecular formula is C34H39N7O6. The molecular weight excluding hydrogens is 602 g/mol. The highest BCUT2D eigenvalue weighted by atomic mass is 16.6. The Morgan fingerprint density at radius 3 is 1.83 bits per heavy atom. The number of rotatable bonds is 10. The summed E-state index contributed by atoms with van der Waals surface area (Å²) in [6.07, 6.45) is -2.00. The first kappa shape index (κ1) is 34.0. The Balaban J connectivity index is 1.84. The molecule has 47 heavy (non-hydrogen) atoms. The standard InChI is InChI=1S/C34H39N7O6/c1-33(2,3)47-32(46)35-21-20-27(37-29(38-30(42)43)39-31(44)45)26-22-36-41(4)28(26)40-34(23-14-8-5-9-15-23,24-16-10-6-11-17-24)25-18-12-7-13-19-25/h5-19,22,27,40H,20-21H2,1-4H3,(H,35,46)(H,42,43)(H,44,45)(H2,37,38,39). The minimum atomic E-state index is -1.60. The molecule has 1 aromatic heterocycles. The fourth-order valence-corrected chi connectivity index (χ4v) is 5.22. The minimum Gasteiger partial charge on any atom is -0.465 e. The molecule has 0 radical (unpaired) electrons. The van der Waals surface area contributed by atoms with Crippen molar-refractivity contribution in [3.8, 4) is 0 Å². The molecule has 0 saturated carbocycles. The summed E-state index contributed by atoms with van der Waals surface area (Å²) in [6.45, 7) is 5.31. The molecule has 1 heterocycles. The summed E-state index contributed by atoms with van der Waals surface area (Å²) in [6, 6.07) is 28.9. The lowest BCUT2D eigenvalue weighted by molar-refractivity contribution is 0.0526. The van der Waals surface area contributed by atoms with Gasteiger partial charge in [0, 0.05) is 19.2 Å². The monoisotopic (exact) mass is 641 g/mol. The summed E-state index contributed by atoms with van der Waals surface area (Å²) in [5.74, 6) is 0.0313. The van der Waals surface area contributed by atoms with Gasteiger partial charge in [-0.1, -0.05) is 91.0 Å². The van der Waals surface area contributed by atoms with E-state index in [9.17, 15) is 24.6 Å². The van der Waals surface area contributed by atoms with Gasteiger partial charge in [0.1, 0.15) is 17.0 Å². The summed E-state index contributed by atoms with van der Waals surface area (Å²) < 4.78 is 7.01. The molecule has 4 rings (SSSR count). The van der Waals surface area contributed by atoms with Gasteiger partial charge < -0.3 is 30.9 Å². The number of nitrogens with one attached hydrogen (secondary N) is 4. The van der Waals surface area contributed by atoms with E-state index in [0.29, 0.717) is 11.4 Å². The van der Waals surface area contributed by atoms with Crippen molar-refractivity contribution >= 4 is 30.1 Å². The van der Waals surface area contributed by atoms with Crippen LogP contribution in [-0.4, -0.2) is 56.4 Å². The van der Waals surface area contributed by atoms with Gasteiger partial charge in [0.2, 0.25) is 5.96 Å². The fraction of sp³-hybridized carbons (Fsp3) is 0.265. The SMILES string of the molecule is Cn1ncc(C(CCNC(=O)OC(C)(C)C)NC(=NC(=O)O)NC(=O)O)c1NC(c1ccccc1)(c1ccccc1)c1ccccc1. The molecule has 246 valence electrons. The lowest BCUT2D eigenvalue weighted by Gasteiger charge is -2.38. The maximum Gasteiger partial charge on any atom is 0.434 e. The third-order valence-corrected chi connectivity index (χ3v) is 7.11. The van der Waals surface area contributed by atoms with E-state index in [1.165, 1.54) is 0 Å². The summed E-state index contributed by atoms with van der Waals surface area (Å²) in [5, 5.41) is 34.7. The highest BCUT2D eigenvalue weighted by Crippen LogP contribution is 2.41. The number of alkyl carbamates (subject to hydrolysis) is 1. The van der Waals surface area contributed by atoms with Crippen LogP contribution in [-0.2, 0) is 17.3 Å². The molecule has 0 bridgehead atoms. The average molecular weight is 642 g/mol. The minimum absolute atomic E-state index is 0.0789. The maximum atomic E-state index is 12.4. The maximum absolute atomic E-state index is 12.4. The molecule has 0 aliphatic rings. The highest BCUT2D eigenvalue weighted by molar-refractivity contribution is 5.98. The van der Waals surface area contributed by atoms with Gasteiger partial charge in [-0.3, -0.25) is 10.00 Å². The predicted molar refractivity (Wildman–Crippen MR) is 177 cm³/mol. The highest BCUT2D eigenvalue weighted by Gasteiger charge is 2.38. The van der Waals surface area contributed by atoms with Gasteiger partial charge in [0.15, 0.2) is 0 Å². The number of benzene rings is 3. The van der Waals surface area contributed by atoms with Crippen molar-refractivity contribution in [2.45, 2.75) is 44.4 Å². The van der Waals surface area contributed by atoms with Crippen molar-refractivity contribution in [3.05, 3.63) is 119 Å². The van der Waals surface area contributed by atoms with E-state index in [4.69, 9.17) is 4.74 Å². The molecule has 3 amide bonds. The predicted octanol–water partition coefficient (Wildman–Crippen LogP) is 5.67. The molecule has 4 aromatic rings. The molecule has 6 N–H and O–H groups in total. The van der Waals surface area contributed by atoms with E-state index in [1.807, 2.05) is 96.3 Å². The van der Waals surface area contributed by atoms with E-state index in [-0.39, 0.29) is 13.0 Å². The van der Waals surface area contributed by atoms with E-state index in [2.05, 4.69) is 26.0 Å². The number of hydrogen-bond acceptors (Lipinski definition) is 6. The number of carbonyl (C=O) groups is 3. The lowest BCUT2D eigenvalue weighted by atomic mass is 9.77. The van der Waals surface area contributed by atoms with E-state index in [0.717, 1.165) is 16.7 Å². The number of carbonyl (C=O) groups excluding carboxylic acids is 1. The van der Waals surface area contributed by atoms with Crippen molar-refractivity contribution in [2.75, 3.05) is 11.9 Å². The van der Waals surface area contributed by atoms with Crippen molar-refractivity contribution in [1.29, 1.82) is 0 Å². The molecule has 3 aromatic carbocycles. The second kappa shape index (κ2) is 15.0. The zero-order valence-electron chi connectivity index (χ0n) is 26.6. The Morgan fingerprint density at radius 1 is 0.872 bits per heavy atom. The number of nitrogens with zero attached hydrogens (tertiary/aromatic N) is 3. The molecule has 0 spiro atoms. The van der Waals surface area contributed by atoms with Crippen LogP contribution in [0.4, 0.5) is 20.2 Å². The number of carboxylic acid groups (broad SMARTS) is 2. The average Bonchev–Trinajstić information content (AvgIpc) is 3.38. The number of ether oxygens (including phenoxy) is 1. The zero-order valence-corrected chi connectivity index (χ0v) is 26.6. The Morgan fingerprint density at radius 2 is 1.38 bits per heavy atom. The molecule has 1 unspecified atom stereocenters. The van der Waals surface area contributed by atoms with Crippen LogP contribution in [0.15, 0.2) is 102 Å². The Hall–Kier alpha value is -5.85. The number of guanidine groups is 1. The van der Waals surface area contributed by atoms with Gasteiger partial charge in [-0.05, 0) is 43.9 Å². The van der Waals surface area contributed by atoms with Gasteiger partial charge in [-0.15, -0.1) is 4.99 Å². The largest absolute Gasteiger partial charge is 0.465 e. The number of amides is 3. The first-order valence-electron chi connectivity index (χ1n) is 14.9. The van der Waals surface area contributed by atoms with Crippen molar-refractivity contribution < 1.29 is 29.3 Å². The van der Waals surface area contributed by atoms with Crippen LogP contribution in [0.25, 0.3) is 0 Å². The summed E-state index contributed by atoms with van der Waals surface area (Å²) in [5.41, 5.74) is 1.69. The van der Waals surface area contributed by atoms with E-state index >= 15 is 0 Å². The van der Waals surface area contributed by atoms with Gasteiger partial charge >= 0.3 is 18.3 Å². The van der Waals surface area contributed by atoms with Crippen LogP contribution in [0.2, 0.25) is 0 Å². The Kier molecular flexibility index (Phi) is 10.8. The summed E-state index contributed by atoms with van der Waals surface area (Å²) in [4.78, 5) is 38.9. The van der Waals surface area contributed by atoms with Crippen LogP contribution in [0, 0.1) is 0 Å². The molecule has 0 aliphatic heterocycles. The second-order valence-electron chi connectivity index (χ2n) is 11.6. The van der Waals surface area contributed by atoms with Crippen LogP contribution in [0.3, 0.4) is 0 Å². The molecule has 1 atom stereocenters. The first-order chi connectivity index (χ1) is 22.4. The third-order valence-electron chi connectivity index (χ3n) is 7.11. The van der Waals surface area contributed by atoms with Gasteiger partial charge in [0.05, 0.1) is 12.2 Å². The van der Waals surface area contributed by atoms with Gasteiger partial charge in [-0.25, -0.2) is 14.4 Å². The third kappa shape index (κ3) is 8.87. The molecule has 13 heteroatoms. The van der Waals surface area contributed by atoms with Crippen LogP contribution < -0.4 is 21.3 Å². The van der Waals surface area contributed by atoms with Crippen molar-refractivity contribution in [3.63, 3.8) is 0 Å². The van der Waals surface area contributed by atoms with Crippen molar-refractivity contribution in [1.82, 2.24) is 25.7 Å². The van der Waals surface area contributed by atoms with E-state index < -0.39 is 41.4 Å². The number of aromatic nitrogens is 2. The molecule has 0 fully saturated rings. The van der Waals surface area contributed by atoms with Crippen LogP contribution in [0.1, 0.15) is 55.5 Å². The second-order valence-corrected chi connectivity index (χ2v) is 11.6. The fourth-order valence-electron chi connectivity index (χ4n) is 5.22. The van der Waals surface area contributed by atoms with E-state index in [1.54, 1.807) is 38.7 Å². The number of hydrogen-bond donors (Lipinski definition) is 6. The Bertz CT molecular complexity index is 1590. The lowest BCUT2D eigenvalue weighted by Crippen LogP contribution is -2.44. The summed E-state index contributed by atoms with van der Waals surface area (Å²) in [7, 11) is 1.76. The zero-order chi connectivity index (χ0) is 34.0. The first-order valence-corrected chi connectivity index (χ1v) is 14.9. The summed E-state index contributed by atoms with van der Waals surface area (Å²) >= 11 is 0. The van der Waals surface area contributed by atoms with Crippen LogP contribution in [0.5, 0.6) is 0 Å². The normalized spacial score (nSPS) is 12.5. The van der Waals surface area contributed by atoms with Crippen molar-refractivity contribution in [2.24, 2.45) is 12.0 Å². The Labute approximate surface area is 272 Å². The molecule has 0 saturated heterocycles. The van der Waals surface area contributed by atoms with Gasteiger partial charge in [-0.2, -0.15) is 5.10 Å². The molecule has 13 nitrogen and oxygen atoms in total. The topological polar surface area (TPSA) is 179 Å². The smallest absolute Gasteiger partial charge is 0.434 e. The molecule has 0 aliphatic carbocycles. The quantitative estimate of drug-likeness (QED) is 0.0723. The number of anilines is 1. The number of aryl methyl sites for hydroxylation is 1.